The lowest BCUT2D eigenvalue weighted by Gasteiger charge is -2.22. The van der Waals surface area contributed by atoms with Gasteiger partial charge in [0.1, 0.15) is 23.0 Å². The monoisotopic (exact) mass is 560 g/mol. The average molecular weight is 561 g/mol. The second-order valence-corrected chi connectivity index (χ2v) is 11.7. The summed E-state index contributed by atoms with van der Waals surface area (Å²) in [5.41, 5.74) is 9.55. The van der Waals surface area contributed by atoms with E-state index in [1.165, 1.54) is 65.7 Å². The van der Waals surface area contributed by atoms with Crippen molar-refractivity contribution in [1.29, 1.82) is 0 Å². The predicted octanol–water partition coefficient (Wildman–Crippen LogP) is 12.0. The first kappa shape index (κ1) is 23.7. The molecule has 0 spiro atoms. The summed E-state index contributed by atoms with van der Waals surface area (Å²) in [5.74, 6) is 3.65. The molecule has 0 bridgehead atoms. The summed E-state index contributed by atoms with van der Waals surface area (Å²) in [5, 5.41) is 7.19. The van der Waals surface area contributed by atoms with E-state index in [-0.39, 0.29) is 0 Å². The van der Waals surface area contributed by atoms with Crippen LogP contribution in [0.2, 0.25) is 0 Å². The highest BCUT2D eigenvalue weighted by atomic mass is 16.5. The van der Waals surface area contributed by atoms with Gasteiger partial charge < -0.3 is 9.47 Å². The second-order valence-electron chi connectivity index (χ2n) is 11.7. The Balaban J connectivity index is 1.09. The lowest BCUT2D eigenvalue weighted by Crippen LogP contribution is -1.97. The lowest BCUT2D eigenvalue weighted by molar-refractivity contribution is 0.487. The van der Waals surface area contributed by atoms with Gasteiger partial charge in [-0.15, -0.1) is 0 Å². The summed E-state index contributed by atoms with van der Waals surface area (Å²) in [7, 11) is 0. The molecule has 8 aromatic carbocycles. The lowest BCUT2D eigenvalue weighted by atomic mass is 9.88. The molecule has 204 valence electrons. The molecule has 2 nitrogen and oxygen atoms in total. The fourth-order valence-corrected chi connectivity index (χ4v) is 7.24. The van der Waals surface area contributed by atoms with Gasteiger partial charge in [-0.25, -0.2) is 0 Å². The van der Waals surface area contributed by atoms with Crippen LogP contribution in [-0.2, 0) is 0 Å². The van der Waals surface area contributed by atoms with Crippen LogP contribution in [0.4, 0.5) is 0 Å². The number of rotatable bonds is 2. The molecule has 8 aromatic rings. The van der Waals surface area contributed by atoms with Crippen LogP contribution in [0.5, 0.6) is 23.0 Å². The highest BCUT2D eigenvalue weighted by molar-refractivity contribution is 6.12. The number of hydrogen-bond acceptors (Lipinski definition) is 2. The zero-order valence-corrected chi connectivity index (χ0v) is 23.7. The van der Waals surface area contributed by atoms with E-state index in [1.807, 2.05) is 24.3 Å². The van der Waals surface area contributed by atoms with Gasteiger partial charge >= 0.3 is 0 Å². The Kier molecular flexibility index (Phi) is 4.75. The Morgan fingerprint density at radius 1 is 0.295 bits per heavy atom. The second kappa shape index (κ2) is 8.82. The van der Waals surface area contributed by atoms with Gasteiger partial charge in [0.2, 0.25) is 0 Å². The van der Waals surface area contributed by atoms with Gasteiger partial charge in [0.25, 0.3) is 0 Å². The summed E-state index contributed by atoms with van der Waals surface area (Å²) in [4.78, 5) is 0. The van der Waals surface area contributed by atoms with Crippen LogP contribution in [0, 0.1) is 0 Å². The van der Waals surface area contributed by atoms with Crippen LogP contribution in [0.3, 0.4) is 0 Å². The van der Waals surface area contributed by atoms with Crippen LogP contribution in [0.15, 0.2) is 146 Å². The molecule has 2 heterocycles. The molecule has 0 aliphatic carbocycles. The molecular formula is C42H24O2. The highest BCUT2D eigenvalue weighted by Crippen LogP contribution is 2.50. The topological polar surface area (TPSA) is 18.5 Å². The first-order chi connectivity index (χ1) is 21.8. The van der Waals surface area contributed by atoms with Crippen molar-refractivity contribution in [3.63, 3.8) is 0 Å². The fourth-order valence-electron chi connectivity index (χ4n) is 7.24. The van der Waals surface area contributed by atoms with Crippen LogP contribution in [0.25, 0.3) is 76.8 Å². The summed E-state index contributed by atoms with van der Waals surface area (Å²) < 4.78 is 12.7. The molecule has 0 radical (unpaired) electrons. The summed E-state index contributed by atoms with van der Waals surface area (Å²) in [6.07, 6.45) is 0. The Bertz CT molecular complexity index is 2380. The van der Waals surface area contributed by atoms with Gasteiger partial charge in [-0.2, -0.15) is 0 Å². The third kappa shape index (κ3) is 3.31. The molecule has 2 aliphatic rings. The van der Waals surface area contributed by atoms with Crippen LogP contribution in [0.1, 0.15) is 0 Å². The van der Waals surface area contributed by atoms with E-state index in [9.17, 15) is 0 Å². The Morgan fingerprint density at radius 3 is 1.39 bits per heavy atom. The van der Waals surface area contributed by atoms with Gasteiger partial charge in [-0.3, -0.25) is 0 Å². The molecule has 0 amide bonds. The summed E-state index contributed by atoms with van der Waals surface area (Å²) in [6, 6.07) is 51.9. The van der Waals surface area contributed by atoms with E-state index in [0.29, 0.717) is 0 Å². The first-order valence-corrected chi connectivity index (χ1v) is 15.0. The molecule has 2 heteroatoms. The van der Waals surface area contributed by atoms with Gasteiger partial charge in [-0.05, 0) is 91.3 Å². The molecule has 2 aliphatic heterocycles. The smallest absolute Gasteiger partial charge is 0.135 e. The van der Waals surface area contributed by atoms with E-state index in [0.717, 1.165) is 34.1 Å². The van der Waals surface area contributed by atoms with Crippen molar-refractivity contribution in [2.45, 2.75) is 0 Å². The van der Waals surface area contributed by atoms with Crippen molar-refractivity contribution in [3.8, 4) is 67.5 Å². The minimum atomic E-state index is 0.912. The van der Waals surface area contributed by atoms with Gasteiger partial charge in [0.15, 0.2) is 0 Å². The molecule has 0 atom stereocenters. The zero-order chi connectivity index (χ0) is 28.8. The highest BCUT2D eigenvalue weighted by Gasteiger charge is 2.23. The molecule has 44 heavy (non-hydrogen) atoms. The van der Waals surface area contributed by atoms with Crippen molar-refractivity contribution in [2.75, 3.05) is 0 Å². The summed E-state index contributed by atoms with van der Waals surface area (Å²) in [6.45, 7) is 0. The van der Waals surface area contributed by atoms with Crippen molar-refractivity contribution >= 4 is 32.3 Å². The fraction of sp³-hybridized carbons (Fsp3) is 0. The number of ether oxygens (including phenoxy) is 2. The normalized spacial score (nSPS) is 12.5. The molecule has 0 unspecified atom stereocenters. The van der Waals surface area contributed by atoms with E-state index in [1.54, 1.807) is 0 Å². The molecule has 10 rings (SSSR count). The third-order valence-electron chi connectivity index (χ3n) is 9.26. The van der Waals surface area contributed by atoms with Crippen molar-refractivity contribution < 1.29 is 9.47 Å². The van der Waals surface area contributed by atoms with Crippen LogP contribution in [-0.4, -0.2) is 0 Å². The number of para-hydroxylation sites is 2. The van der Waals surface area contributed by atoms with Gasteiger partial charge in [-0.1, -0.05) is 109 Å². The molecule has 0 saturated heterocycles. The number of fused-ring (bicyclic) bond motifs is 5. The maximum Gasteiger partial charge on any atom is 0.135 e. The Morgan fingerprint density at radius 2 is 0.750 bits per heavy atom. The maximum absolute atomic E-state index is 6.33. The van der Waals surface area contributed by atoms with Crippen molar-refractivity contribution in [3.05, 3.63) is 146 Å². The average Bonchev–Trinajstić information content (AvgIpc) is 3.08. The van der Waals surface area contributed by atoms with Crippen molar-refractivity contribution in [1.82, 2.24) is 0 Å². The van der Waals surface area contributed by atoms with E-state index >= 15 is 0 Å². The standard InChI is InChI=1S/C42H24O2/c1-3-12-37-31(7-1)35-10-5-9-33-30(21-22-40(44-37)41(33)35)28-18-16-25-23-27(17-15-26(25)24-28)29-19-20-36-32-8-2-4-13-38(32)43-39-14-6-11-34(29)42(36)39/h1-24H. The van der Waals surface area contributed by atoms with Gasteiger partial charge in [0, 0.05) is 21.9 Å². The minimum absolute atomic E-state index is 0.912. The molecule has 0 saturated carbocycles. The number of hydrogen-bond donors (Lipinski definition) is 0. The number of benzene rings is 8. The van der Waals surface area contributed by atoms with Crippen molar-refractivity contribution in [2.24, 2.45) is 0 Å². The molecule has 0 N–H and O–H groups in total. The van der Waals surface area contributed by atoms with Crippen LogP contribution >= 0.6 is 0 Å². The van der Waals surface area contributed by atoms with E-state index in [2.05, 4.69) is 121 Å². The summed E-state index contributed by atoms with van der Waals surface area (Å²) >= 11 is 0. The quantitative estimate of drug-likeness (QED) is 0.209. The molecule has 0 aromatic heterocycles. The maximum atomic E-state index is 6.33. The van der Waals surface area contributed by atoms with E-state index in [4.69, 9.17) is 9.47 Å². The van der Waals surface area contributed by atoms with Crippen LogP contribution < -0.4 is 9.47 Å². The minimum Gasteiger partial charge on any atom is -0.456 e. The zero-order valence-electron chi connectivity index (χ0n) is 23.7. The third-order valence-corrected chi connectivity index (χ3v) is 9.26. The SMILES string of the molecule is c1ccc2c(c1)Oc1ccc(-c3ccc4cc(-c5ccc6c7c(cccc57)Oc5ccccc5-6)ccc4c3)c3cccc-2c13. The van der Waals surface area contributed by atoms with Gasteiger partial charge in [0.05, 0.1) is 0 Å². The Hall–Kier alpha value is -5.86. The Labute approximate surface area is 254 Å². The molecular weight excluding hydrogens is 536 g/mol. The predicted molar refractivity (Wildman–Crippen MR) is 181 cm³/mol. The largest absolute Gasteiger partial charge is 0.456 e. The first-order valence-electron chi connectivity index (χ1n) is 15.0. The molecule has 0 fully saturated rings. The van der Waals surface area contributed by atoms with E-state index < -0.39 is 0 Å².